The summed E-state index contributed by atoms with van der Waals surface area (Å²) in [5.74, 6) is 1.63. The molecule has 0 aromatic heterocycles. The van der Waals surface area contributed by atoms with E-state index >= 15 is 0 Å². The van der Waals surface area contributed by atoms with Gasteiger partial charge >= 0.3 is 0 Å². The summed E-state index contributed by atoms with van der Waals surface area (Å²) in [6.45, 7) is 12.3. The molecule has 0 saturated heterocycles. The van der Waals surface area contributed by atoms with Gasteiger partial charge in [-0.15, -0.1) is 0 Å². The molecular weight excluding hydrogens is 156 g/mol. The molecule has 2 radical (unpaired) electrons. The van der Waals surface area contributed by atoms with Gasteiger partial charge in [0.15, 0.2) is 0 Å². The van der Waals surface area contributed by atoms with Crippen LogP contribution < -0.4 is 0 Å². The zero-order valence-electron chi connectivity index (χ0n) is 9.26. The summed E-state index contributed by atoms with van der Waals surface area (Å²) in [7, 11) is 0. The van der Waals surface area contributed by atoms with Gasteiger partial charge in [0.05, 0.1) is 0 Å². The molecule has 0 N–H and O–H groups in total. The fourth-order valence-electron chi connectivity index (χ4n) is 1.52. The molecule has 13 heavy (non-hydrogen) atoms. The van der Waals surface area contributed by atoms with E-state index in [0.717, 1.165) is 24.7 Å². The summed E-state index contributed by atoms with van der Waals surface area (Å²) in [5, 5.41) is 0. The van der Waals surface area contributed by atoms with E-state index in [1.54, 1.807) is 0 Å². The molecule has 0 heteroatoms. The van der Waals surface area contributed by atoms with Crippen LogP contribution in [0.5, 0.6) is 0 Å². The van der Waals surface area contributed by atoms with Crippen LogP contribution in [0.3, 0.4) is 0 Å². The number of hydrogen-bond donors (Lipinski definition) is 0. The van der Waals surface area contributed by atoms with Gasteiger partial charge in [0.25, 0.3) is 0 Å². The number of unbranched alkanes of at least 4 members (excludes halogenated alkanes) is 1. The molecule has 0 fully saturated rings. The molecule has 0 spiro atoms. The molecule has 0 amide bonds. The highest BCUT2D eigenvalue weighted by molar-refractivity contribution is 4.85. The quantitative estimate of drug-likeness (QED) is 0.508. The highest BCUT2D eigenvalue weighted by atomic mass is 14.2. The molecule has 0 aliphatic carbocycles. The van der Waals surface area contributed by atoms with Crippen LogP contribution in [-0.2, 0) is 0 Å². The van der Waals surface area contributed by atoms with E-state index in [1.807, 2.05) is 0 Å². The second kappa shape index (κ2) is 8.34. The zero-order chi connectivity index (χ0) is 10.1. The minimum atomic E-state index is 0.793. The third-order valence-electron chi connectivity index (χ3n) is 2.54. The Kier molecular flexibility index (Phi) is 8.18. The first kappa shape index (κ1) is 12.7. The minimum absolute atomic E-state index is 0.793. The maximum atomic E-state index is 3.89. The van der Waals surface area contributed by atoms with Gasteiger partial charge in [0, 0.05) is 0 Å². The molecule has 0 bridgehead atoms. The van der Waals surface area contributed by atoms with Crippen molar-refractivity contribution in [1.29, 1.82) is 0 Å². The van der Waals surface area contributed by atoms with Crippen molar-refractivity contribution in [3.8, 4) is 0 Å². The lowest BCUT2D eigenvalue weighted by Crippen LogP contribution is -2.07. The molecule has 1 unspecified atom stereocenters. The summed E-state index contributed by atoms with van der Waals surface area (Å²) in [4.78, 5) is 0. The van der Waals surface area contributed by atoms with Gasteiger partial charge in [-0.2, -0.15) is 0 Å². The van der Waals surface area contributed by atoms with Gasteiger partial charge in [0.1, 0.15) is 0 Å². The average Bonchev–Trinajstić information content (AvgIpc) is 2.10. The van der Waals surface area contributed by atoms with Crippen LogP contribution in [0, 0.1) is 25.7 Å². The Bertz CT molecular complexity index is 122. The van der Waals surface area contributed by atoms with E-state index in [9.17, 15) is 0 Å². The Morgan fingerprint density at radius 1 is 1.15 bits per heavy atom. The number of rotatable bonds is 7. The topological polar surface area (TPSA) is 0 Å². The van der Waals surface area contributed by atoms with Crippen LogP contribution in [0.1, 0.15) is 46.0 Å². The maximum Gasteiger partial charge on any atom is -0.0320 e. The summed E-state index contributed by atoms with van der Waals surface area (Å²) in [5.41, 5.74) is 0. The molecule has 0 aliphatic heterocycles. The summed E-state index contributed by atoms with van der Waals surface area (Å²) >= 11 is 0. The summed E-state index contributed by atoms with van der Waals surface area (Å²) in [6.07, 6.45) is 10.2. The van der Waals surface area contributed by atoms with E-state index in [0.29, 0.717) is 0 Å². The van der Waals surface area contributed by atoms with E-state index in [-0.39, 0.29) is 0 Å². The van der Waals surface area contributed by atoms with Crippen LogP contribution in [0.4, 0.5) is 0 Å². The standard InChI is InChI=1S/C13H24/c1-5-7-9-11-13(12(3)4)10-8-6-2/h7,9,12-13H,1-2,5-6,8,10-11H2,3-4H3. The van der Waals surface area contributed by atoms with Crippen LogP contribution >= 0.6 is 0 Å². The predicted molar refractivity (Wildman–Crippen MR) is 61.3 cm³/mol. The monoisotopic (exact) mass is 180 g/mol. The lowest BCUT2D eigenvalue weighted by molar-refractivity contribution is 0.355. The largest absolute Gasteiger partial charge is 0.0885 e. The molecule has 0 rings (SSSR count). The summed E-state index contributed by atoms with van der Waals surface area (Å²) in [6, 6.07) is 0. The molecule has 0 aromatic carbocycles. The van der Waals surface area contributed by atoms with Gasteiger partial charge in [-0.25, -0.2) is 0 Å². The van der Waals surface area contributed by atoms with Crippen molar-refractivity contribution >= 4 is 0 Å². The normalized spacial score (nSPS) is 14.2. The average molecular weight is 180 g/mol. The first-order valence-corrected chi connectivity index (χ1v) is 5.45. The Labute approximate surface area is 84.4 Å². The number of allylic oxidation sites excluding steroid dienone is 2. The fourth-order valence-corrected chi connectivity index (χ4v) is 1.52. The molecule has 0 saturated carbocycles. The Hall–Kier alpha value is -0.260. The Morgan fingerprint density at radius 3 is 2.31 bits per heavy atom. The van der Waals surface area contributed by atoms with Crippen molar-refractivity contribution in [2.75, 3.05) is 0 Å². The first-order valence-electron chi connectivity index (χ1n) is 5.45. The third-order valence-corrected chi connectivity index (χ3v) is 2.54. The van der Waals surface area contributed by atoms with E-state index < -0.39 is 0 Å². The van der Waals surface area contributed by atoms with Crippen molar-refractivity contribution in [2.24, 2.45) is 11.8 Å². The first-order chi connectivity index (χ1) is 6.22. The molecule has 0 heterocycles. The van der Waals surface area contributed by atoms with Gasteiger partial charge in [-0.3, -0.25) is 0 Å². The Balaban J connectivity index is 3.73. The predicted octanol–water partition coefficient (Wildman–Crippen LogP) is 4.43. The maximum absolute atomic E-state index is 3.89. The highest BCUT2D eigenvalue weighted by Crippen LogP contribution is 2.22. The molecular formula is C13H24. The van der Waals surface area contributed by atoms with Crippen LogP contribution in [0.25, 0.3) is 0 Å². The lowest BCUT2D eigenvalue weighted by atomic mass is 9.88. The van der Waals surface area contributed by atoms with Crippen molar-refractivity contribution in [3.63, 3.8) is 0 Å². The lowest BCUT2D eigenvalue weighted by Gasteiger charge is -2.18. The van der Waals surface area contributed by atoms with Gasteiger partial charge < -0.3 is 0 Å². The van der Waals surface area contributed by atoms with Crippen LogP contribution in [0.15, 0.2) is 12.2 Å². The van der Waals surface area contributed by atoms with Crippen LogP contribution in [0.2, 0.25) is 0 Å². The minimum Gasteiger partial charge on any atom is -0.0885 e. The Morgan fingerprint density at radius 2 is 1.85 bits per heavy atom. The molecule has 1 atom stereocenters. The molecule has 0 aromatic rings. The van der Waals surface area contributed by atoms with Crippen molar-refractivity contribution < 1.29 is 0 Å². The van der Waals surface area contributed by atoms with Crippen LogP contribution in [-0.4, -0.2) is 0 Å². The molecule has 76 valence electrons. The molecule has 0 aliphatic rings. The van der Waals surface area contributed by atoms with Crippen molar-refractivity contribution in [1.82, 2.24) is 0 Å². The van der Waals surface area contributed by atoms with E-state index in [2.05, 4.69) is 39.8 Å². The zero-order valence-corrected chi connectivity index (χ0v) is 9.26. The fraction of sp³-hybridized carbons (Fsp3) is 0.692. The third kappa shape index (κ3) is 6.86. The second-order valence-electron chi connectivity index (χ2n) is 4.00. The smallest absolute Gasteiger partial charge is 0.0320 e. The van der Waals surface area contributed by atoms with Gasteiger partial charge in [-0.1, -0.05) is 45.8 Å². The second-order valence-corrected chi connectivity index (χ2v) is 4.00. The SMILES string of the molecule is [CH2]CC=CCC(CCC[CH2])C(C)C. The van der Waals surface area contributed by atoms with Crippen molar-refractivity contribution in [2.45, 2.75) is 46.0 Å². The van der Waals surface area contributed by atoms with Crippen molar-refractivity contribution in [3.05, 3.63) is 26.0 Å². The molecule has 0 nitrogen and oxygen atoms in total. The van der Waals surface area contributed by atoms with Gasteiger partial charge in [0.2, 0.25) is 0 Å². The van der Waals surface area contributed by atoms with E-state index in [1.165, 1.54) is 19.3 Å². The van der Waals surface area contributed by atoms with E-state index in [4.69, 9.17) is 0 Å². The van der Waals surface area contributed by atoms with Gasteiger partial charge in [-0.05, 0) is 38.0 Å². The highest BCUT2D eigenvalue weighted by Gasteiger charge is 2.10. The summed E-state index contributed by atoms with van der Waals surface area (Å²) < 4.78 is 0. The number of hydrogen-bond acceptors (Lipinski definition) is 0.